The standard InChI is InChI=1S/C20H23NO5S/c1-14(20(23)25-3)27-18-11-7-4-8-15(18)19(22)21-12-13-26-17-10-6-5-9-16(17)24-2/h4-11,14H,12-13H2,1-3H3,(H,21,22). The molecule has 0 spiro atoms. The average Bonchev–Trinajstić information content (AvgIpc) is 2.71. The van der Waals surface area contributed by atoms with E-state index in [1.54, 1.807) is 32.2 Å². The molecule has 27 heavy (non-hydrogen) atoms. The van der Waals surface area contributed by atoms with Crippen LogP contribution in [-0.4, -0.2) is 44.5 Å². The number of para-hydroxylation sites is 2. The summed E-state index contributed by atoms with van der Waals surface area (Å²) in [6, 6.07) is 14.5. The summed E-state index contributed by atoms with van der Waals surface area (Å²) in [6.07, 6.45) is 0. The van der Waals surface area contributed by atoms with Crippen molar-refractivity contribution in [1.82, 2.24) is 5.32 Å². The Morgan fingerprint density at radius 2 is 1.70 bits per heavy atom. The third-order valence-electron chi connectivity index (χ3n) is 3.68. The van der Waals surface area contributed by atoms with Crippen molar-refractivity contribution >= 4 is 23.6 Å². The van der Waals surface area contributed by atoms with Crippen molar-refractivity contribution in [1.29, 1.82) is 0 Å². The Kier molecular flexibility index (Phi) is 8.00. The van der Waals surface area contributed by atoms with Gasteiger partial charge in [0, 0.05) is 4.90 Å². The Hall–Kier alpha value is -2.67. The van der Waals surface area contributed by atoms with Crippen LogP contribution in [0.3, 0.4) is 0 Å². The van der Waals surface area contributed by atoms with E-state index in [-0.39, 0.29) is 11.9 Å². The van der Waals surface area contributed by atoms with Gasteiger partial charge in [-0.1, -0.05) is 24.3 Å². The number of carbonyl (C=O) groups excluding carboxylic acids is 2. The molecule has 0 aromatic heterocycles. The molecule has 0 saturated heterocycles. The molecule has 0 aliphatic carbocycles. The molecule has 1 unspecified atom stereocenters. The fourth-order valence-corrected chi connectivity index (χ4v) is 3.34. The Morgan fingerprint density at radius 1 is 1.04 bits per heavy atom. The number of methoxy groups -OCH3 is 2. The van der Waals surface area contributed by atoms with Crippen molar-refractivity contribution < 1.29 is 23.8 Å². The smallest absolute Gasteiger partial charge is 0.318 e. The van der Waals surface area contributed by atoms with Crippen LogP contribution in [0.1, 0.15) is 17.3 Å². The zero-order valence-corrected chi connectivity index (χ0v) is 16.4. The lowest BCUT2D eigenvalue weighted by molar-refractivity contribution is -0.139. The highest BCUT2D eigenvalue weighted by molar-refractivity contribution is 8.00. The van der Waals surface area contributed by atoms with E-state index in [4.69, 9.17) is 14.2 Å². The van der Waals surface area contributed by atoms with Gasteiger partial charge in [0.15, 0.2) is 11.5 Å². The van der Waals surface area contributed by atoms with Crippen LogP contribution in [0, 0.1) is 0 Å². The van der Waals surface area contributed by atoms with Crippen LogP contribution in [0.4, 0.5) is 0 Å². The summed E-state index contributed by atoms with van der Waals surface area (Å²) in [5.41, 5.74) is 0.510. The van der Waals surface area contributed by atoms with Gasteiger partial charge in [-0.05, 0) is 31.2 Å². The molecule has 1 N–H and O–H groups in total. The van der Waals surface area contributed by atoms with Crippen molar-refractivity contribution in [3.63, 3.8) is 0 Å². The van der Waals surface area contributed by atoms with Gasteiger partial charge in [-0.15, -0.1) is 11.8 Å². The third kappa shape index (κ3) is 5.92. The Bertz CT molecular complexity index is 780. The summed E-state index contributed by atoms with van der Waals surface area (Å²) in [7, 11) is 2.92. The average molecular weight is 389 g/mol. The second kappa shape index (κ2) is 10.5. The van der Waals surface area contributed by atoms with Crippen LogP contribution in [0.25, 0.3) is 0 Å². The van der Waals surface area contributed by atoms with Crippen molar-refractivity contribution in [3.05, 3.63) is 54.1 Å². The Labute approximate surface area is 163 Å². The van der Waals surface area contributed by atoms with Gasteiger partial charge >= 0.3 is 5.97 Å². The fraction of sp³-hybridized carbons (Fsp3) is 0.300. The van der Waals surface area contributed by atoms with Gasteiger partial charge < -0.3 is 19.5 Å². The highest BCUT2D eigenvalue weighted by Gasteiger charge is 2.18. The maximum absolute atomic E-state index is 12.5. The SMILES string of the molecule is COC(=O)C(C)Sc1ccccc1C(=O)NCCOc1ccccc1OC. The summed E-state index contributed by atoms with van der Waals surface area (Å²) in [5, 5.41) is 2.42. The van der Waals surface area contributed by atoms with E-state index in [0.717, 1.165) is 4.90 Å². The molecule has 144 valence electrons. The minimum Gasteiger partial charge on any atom is -0.493 e. The van der Waals surface area contributed by atoms with Gasteiger partial charge in [0.1, 0.15) is 11.9 Å². The number of esters is 1. The van der Waals surface area contributed by atoms with Crippen LogP contribution in [0.2, 0.25) is 0 Å². The minimum absolute atomic E-state index is 0.223. The molecule has 0 heterocycles. The largest absolute Gasteiger partial charge is 0.493 e. The summed E-state index contributed by atoms with van der Waals surface area (Å²) >= 11 is 1.29. The highest BCUT2D eigenvalue weighted by atomic mass is 32.2. The zero-order chi connectivity index (χ0) is 19.6. The number of thioether (sulfide) groups is 1. The van der Waals surface area contributed by atoms with Crippen LogP contribution < -0.4 is 14.8 Å². The van der Waals surface area contributed by atoms with Gasteiger partial charge in [0.2, 0.25) is 0 Å². The third-order valence-corrected chi connectivity index (χ3v) is 4.84. The number of hydrogen-bond donors (Lipinski definition) is 1. The molecule has 1 atom stereocenters. The molecule has 0 aliphatic heterocycles. The van der Waals surface area contributed by atoms with E-state index in [9.17, 15) is 9.59 Å². The van der Waals surface area contributed by atoms with Crippen LogP contribution in [0.5, 0.6) is 11.5 Å². The first-order valence-corrected chi connectivity index (χ1v) is 9.32. The van der Waals surface area contributed by atoms with E-state index >= 15 is 0 Å². The predicted octanol–water partition coefficient (Wildman–Crippen LogP) is 3.16. The van der Waals surface area contributed by atoms with Gasteiger partial charge in [0.25, 0.3) is 5.91 Å². The first-order chi connectivity index (χ1) is 13.1. The maximum atomic E-state index is 12.5. The maximum Gasteiger partial charge on any atom is 0.318 e. The van der Waals surface area contributed by atoms with Crippen LogP contribution in [-0.2, 0) is 9.53 Å². The number of rotatable bonds is 9. The lowest BCUT2D eigenvalue weighted by Crippen LogP contribution is -2.28. The number of amides is 1. The van der Waals surface area contributed by atoms with E-state index in [0.29, 0.717) is 30.2 Å². The lowest BCUT2D eigenvalue weighted by atomic mass is 10.2. The number of hydrogen-bond acceptors (Lipinski definition) is 6. The minimum atomic E-state index is -0.405. The van der Waals surface area contributed by atoms with Gasteiger partial charge in [-0.2, -0.15) is 0 Å². The van der Waals surface area contributed by atoms with Crippen LogP contribution >= 0.6 is 11.8 Å². The van der Waals surface area contributed by atoms with Gasteiger partial charge in [-0.3, -0.25) is 9.59 Å². The van der Waals surface area contributed by atoms with Crippen molar-refractivity contribution in [2.24, 2.45) is 0 Å². The molecule has 0 saturated carbocycles. The summed E-state index contributed by atoms with van der Waals surface area (Å²) < 4.78 is 15.6. The Balaban J connectivity index is 1.91. The number of nitrogens with one attached hydrogen (secondary N) is 1. The molecule has 0 radical (unpaired) electrons. The molecular weight excluding hydrogens is 366 g/mol. The molecule has 1 amide bonds. The highest BCUT2D eigenvalue weighted by Crippen LogP contribution is 2.28. The summed E-state index contributed by atoms with van der Waals surface area (Å²) in [5.74, 6) is 0.707. The van der Waals surface area contributed by atoms with E-state index < -0.39 is 5.25 Å². The molecular formula is C20H23NO5S. The molecule has 2 aromatic rings. The van der Waals surface area contributed by atoms with E-state index in [1.165, 1.54) is 18.9 Å². The second-order valence-corrected chi connectivity index (χ2v) is 6.92. The first kappa shape index (κ1) is 20.6. The molecule has 7 heteroatoms. The first-order valence-electron chi connectivity index (χ1n) is 8.44. The zero-order valence-electron chi connectivity index (χ0n) is 15.6. The van der Waals surface area contributed by atoms with Crippen molar-refractivity contribution in [2.45, 2.75) is 17.1 Å². The number of ether oxygens (including phenoxy) is 3. The fourth-order valence-electron chi connectivity index (χ4n) is 2.32. The van der Waals surface area contributed by atoms with Crippen molar-refractivity contribution in [3.8, 4) is 11.5 Å². The quantitative estimate of drug-likeness (QED) is 0.403. The molecule has 2 aromatic carbocycles. The van der Waals surface area contributed by atoms with Gasteiger partial charge in [-0.25, -0.2) is 0 Å². The predicted molar refractivity (Wildman–Crippen MR) is 105 cm³/mol. The topological polar surface area (TPSA) is 73.9 Å². The second-order valence-electron chi connectivity index (χ2n) is 5.53. The Morgan fingerprint density at radius 3 is 2.41 bits per heavy atom. The number of carbonyl (C=O) groups is 2. The van der Waals surface area contributed by atoms with Crippen LogP contribution in [0.15, 0.2) is 53.4 Å². The van der Waals surface area contributed by atoms with E-state index in [2.05, 4.69) is 5.32 Å². The molecule has 0 aliphatic rings. The molecule has 0 fully saturated rings. The monoisotopic (exact) mass is 389 g/mol. The molecule has 6 nitrogen and oxygen atoms in total. The molecule has 2 rings (SSSR count). The van der Waals surface area contributed by atoms with Crippen molar-refractivity contribution in [2.75, 3.05) is 27.4 Å². The summed E-state index contributed by atoms with van der Waals surface area (Å²) in [6.45, 7) is 2.38. The molecule has 0 bridgehead atoms. The normalized spacial score (nSPS) is 11.4. The lowest BCUT2D eigenvalue weighted by Gasteiger charge is -2.13. The number of benzene rings is 2. The van der Waals surface area contributed by atoms with Gasteiger partial charge in [0.05, 0.1) is 26.3 Å². The summed E-state index contributed by atoms with van der Waals surface area (Å²) in [4.78, 5) is 24.8. The van der Waals surface area contributed by atoms with E-state index in [1.807, 2.05) is 30.3 Å².